The molecule has 0 amide bonds. The van der Waals surface area contributed by atoms with Crippen LogP contribution in [0.15, 0.2) is 0 Å². The molecule has 0 spiro atoms. The number of hydrogen-bond acceptors (Lipinski definition) is 3. The van der Waals surface area contributed by atoms with E-state index in [9.17, 15) is 17.4 Å². The average Bonchev–Trinajstić information content (AvgIpc) is 1.25. The molecule has 60 valence electrons. The van der Waals surface area contributed by atoms with Crippen molar-refractivity contribution in [2.75, 3.05) is 0 Å². The number of rotatable bonds is 1. The number of halogens is 3. The van der Waals surface area contributed by atoms with Gasteiger partial charge in [0.05, 0.1) is 0 Å². The van der Waals surface area contributed by atoms with Gasteiger partial charge in [0, 0.05) is 0 Å². The minimum absolute atomic E-state index is 0. The Kier molecular flexibility index (Phi) is 5.01. The fourth-order valence-electron chi connectivity index (χ4n) is 0. The van der Waals surface area contributed by atoms with Crippen LogP contribution < -0.4 is 0 Å². The fraction of sp³-hybridized carbons (Fsp3) is 1.00. The largest absolute Gasteiger partial charge is 1.00 e. The molecule has 0 aliphatic carbocycles. The van der Waals surface area contributed by atoms with E-state index in [1.54, 1.807) is 0 Å². The molecule has 0 fully saturated rings. The molecule has 9 heavy (non-hydrogen) atoms. The van der Waals surface area contributed by atoms with Gasteiger partial charge in [-0.05, 0) is 23.2 Å². The Hall–Kier alpha value is 1.16. The van der Waals surface area contributed by atoms with Crippen LogP contribution in [0.5, 0.6) is 0 Å². The van der Waals surface area contributed by atoms with E-state index in [1.807, 2.05) is 0 Å². The Morgan fingerprint density at radius 2 is 1.56 bits per heavy atom. The zero-order valence-corrected chi connectivity index (χ0v) is 7.38. The van der Waals surface area contributed by atoms with Gasteiger partial charge in [-0.15, -0.1) is 0 Å². The molecule has 0 unspecified atom stereocenters. The van der Waals surface area contributed by atoms with Gasteiger partial charge < -0.3 is 4.55 Å². The van der Waals surface area contributed by atoms with Crippen LogP contribution in [0.4, 0.5) is 4.39 Å². The van der Waals surface area contributed by atoms with Gasteiger partial charge in [-0.25, -0.2) is 8.42 Å². The summed E-state index contributed by atoms with van der Waals surface area (Å²) in [6, 6.07) is 0. The zero-order valence-electron chi connectivity index (χ0n) is 3.57. The molecule has 0 heterocycles. The first-order valence-corrected chi connectivity index (χ1v) is 3.44. The maximum atomic E-state index is 11.5. The molecular weight excluding hydrogens is 290 g/mol. The summed E-state index contributed by atoms with van der Waals surface area (Å²) in [7, 11) is -5.23. The number of alkyl halides is 3. The van der Waals surface area contributed by atoms with Gasteiger partial charge in [0.15, 0.2) is 10.1 Å². The van der Waals surface area contributed by atoms with E-state index in [2.05, 4.69) is 23.2 Å². The van der Waals surface area contributed by atoms with Gasteiger partial charge in [0.25, 0.3) is 0 Å². The summed E-state index contributed by atoms with van der Waals surface area (Å²) >= 11 is 8.42. The Morgan fingerprint density at radius 1 is 1.44 bits per heavy atom. The van der Waals surface area contributed by atoms with Crippen molar-refractivity contribution in [3.05, 3.63) is 0 Å². The van der Waals surface area contributed by atoms with E-state index in [-0.39, 0.29) is 22.4 Å². The van der Waals surface area contributed by atoms with Crippen molar-refractivity contribution >= 4 is 33.3 Å². The quantitative estimate of drug-likeness (QED) is 0.403. The van der Waals surface area contributed by atoms with Gasteiger partial charge in [-0.2, -0.15) is 4.39 Å². The third-order valence-corrected chi connectivity index (χ3v) is 1.98. The second-order valence-electron chi connectivity index (χ2n) is 0.900. The minimum atomic E-state index is -5.23. The van der Waals surface area contributed by atoms with E-state index in [4.69, 9.17) is 0 Å². The predicted molar refractivity (Wildman–Crippen MR) is 25.2 cm³/mol. The van der Waals surface area contributed by atoms with Crippen LogP contribution in [0.3, 0.4) is 0 Å². The smallest absolute Gasteiger partial charge is 0.743 e. The van der Waals surface area contributed by atoms with E-state index in [1.165, 1.54) is 0 Å². The summed E-state index contributed by atoms with van der Waals surface area (Å²) in [6.45, 7) is 0. The van der Waals surface area contributed by atoms with E-state index >= 15 is 0 Å². The van der Waals surface area contributed by atoms with Crippen LogP contribution in [0.25, 0.3) is 0 Å². The fourth-order valence-corrected chi connectivity index (χ4v) is 0. The summed E-state index contributed by atoms with van der Waals surface area (Å²) in [4.78, 5) is 0. The molecule has 0 aliphatic heterocycles. The molecular formula is CAgCl2FO3S. The second kappa shape index (κ2) is 3.52. The monoisotopic (exact) mass is 288 g/mol. The first-order chi connectivity index (χ1) is 3.25. The van der Waals surface area contributed by atoms with E-state index < -0.39 is 14.0 Å². The number of hydrogen-bond donors (Lipinski definition) is 0. The van der Waals surface area contributed by atoms with Gasteiger partial charge in [-0.1, -0.05) is 0 Å². The van der Waals surface area contributed by atoms with E-state index in [0.29, 0.717) is 0 Å². The first-order valence-electron chi connectivity index (χ1n) is 1.27. The van der Waals surface area contributed by atoms with Crippen LogP contribution in [0.2, 0.25) is 0 Å². The standard InChI is InChI=1S/CHCl2FO3S.Ag/c2-1(3,4)8(5,6)7;/h(H,5,6,7);/q;+1/p-1. The van der Waals surface area contributed by atoms with Gasteiger partial charge in [0.2, 0.25) is 0 Å². The van der Waals surface area contributed by atoms with E-state index in [0.717, 1.165) is 0 Å². The van der Waals surface area contributed by atoms with Crippen LogP contribution in [0.1, 0.15) is 0 Å². The van der Waals surface area contributed by atoms with Crippen molar-refractivity contribution in [3.63, 3.8) is 0 Å². The van der Waals surface area contributed by atoms with Crippen LogP contribution in [-0.4, -0.2) is 16.9 Å². The molecule has 0 saturated carbocycles. The van der Waals surface area contributed by atoms with Crippen molar-refractivity contribution in [1.82, 2.24) is 0 Å². The molecule has 0 aromatic carbocycles. The molecule has 3 nitrogen and oxygen atoms in total. The molecule has 0 aliphatic rings. The normalized spacial score (nSPS) is 12.4. The SMILES string of the molecule is O=S(=O)([O-])C(F)(Cl)Cl.[Ag+]. The molecule has 0 atom stereocenters. The van der Waals surface area contributed by atoms with Gasteiger partial charge >= 0.3 is 26.3 Å². The average molecular weight is 290 g/mol. The summed E-state index contributed by atoms with van der Waals surface area (Å²) in [5.74, 6) is 0. The Bertz CT molecular complexity index is 171. The maximum absolute atomic E-state index is 11.5. The van der Waals surface area contributed by atoms with Crippen molar-refractivity contribution in [3.8, 4) is 0 Å². The van der Waals surface area contributed by atoms with Crippen LogP contribution in [0, 0.1) is 0 Å². The van der Waals surface area contributed by atoms with Crippen molar-refractivity contribution in [1.29, 1.82) is 0 Å². The molecule has 0 aromatic rings. The first kappa shape index (κ1) is 12.8. The van der Waals surface area contributed by atoms with Gasteiger partial charge in [0.1, 0.15) is 0 Å². The molecule has 0 radical (unpaired) electrons. The summed E-state index contributed by atoms with van der Waals surface area (Å²) < 4.78 is 36.2. The van der Waals surface area contributed by atoms with Crippen molar-refractivity contribution in [2.45, 2.75) is 3.92 Å². The Morgan fingerprint density at radius 3 is 1.56 bits per heavy atom. The molecule has 0 aromatic heterocycles. The molecule has 0 bridgehead atoms. The van der Waals surface area contributed by atoms with Crippen LogP contribution in [-0.2, 0) is 32.5 Å². The predicted octanol–water partition coefficient (Wildman–Crippen LogP) is 0.588. The molecule has 0 rings (SSSR count). The summed E-state index contributed by atoms with van der Waals surface area (Å²) in [6.07, 6.45) is 0. The molecule has 0 N–H and O–H groups in total. The molecule has 0 saturated heterocycles. The molecule has 8 heteroatoms. The maximum Gasteiger partial charge on any atom is 1.00 e. The zero-order chi connectivity index (χ0) is 7.00. The Labute approximate surface area is 76.8 Å². The third kappa shape index (κ3) is 4.55. The van der Waals surface area contributed by atoms with Gasteiger partial charge in [-0.3, -0.25) is 0 Å². The van der Waals surface area contributed by atoms with Crippen LogP contribution >= 0.6 is 23.2 Å². The topological polar surface area (TPSA) is 57.2 Å². The minimum Gasteiger partial charge on any atom is -0.743 e. The van der Waals surface area contributed by atoms with Crippen molar-refractivity contribution < 1.29 is 39.7 Å². The Balaban J connectivity index is 0. The third-order valence-electron chi connectivity index (χ3n) is 0.283. The second-order valence-corrected chi connectivity index (χ2v) is 4.05. The summed E-state index contributed by atoms with van der Waals surface area (Å²) in [5.41, 5.74) is 0. The van der Waals surface area contributed by atoms with Crippen molar-refractivity contribution in [2.24, 2.45) is 0 Å². The summed E-state index contributed by atoms with van der Waals surface area (Å²) in [5, 5.41) is 0.